The van der Waals surface area contributed by atoms with E-state index in [2.05, 4.69) is 5.32 Å². The number of hydrogen-bond donors (Lipinski definition) is 1. The molecule has 1 unspecified atom stereocenters. The Kier molecular flexibility index (Phi) is 10.5. The van der Waals surface area contributed by atoms with Crippen LogP contribution in [-0.2, 0) is 26.2 Å². The van der Waals surface area contributed by atoms with Crippen molar-refractivity contribution < 1.29 is 22.7 Å². The predicted octanol–water partition coefficient (Wildman–Crippen LogP) is 4.53. The lowest BCUT2D eigenvalue weighted by molar-refractivity contribution is -0.140. The molecule has 0 radical (unpaired) electrons. The standard InChI is InChI=1S/C30H37N3O5S/c1-5-28(30(35)31-6-2)32(21-24-14-12-11-13-23(24)4)29(34)22-33(25-17-19-26(20-18-25)38-7-3)39(36,37)27-15-9-8-10-16-27/h8-20,28H,5-7,21-22H2,1-4H3,(H,31,35). The molecule has 3 aromatic carbocycles. The molecular formula is C30H37N3O5S. The molecule has 0 bridgehead atoms. The van der Waals surface area contributed by atoms with Gasteiger partial charge in [-0.2, -0.15) is 0 Å². The number of likely N-dealkylation sites (N-methyl/N-ethyl adjacent to an activating group) is 1. The maximum atomic E-state index is 14.0. The van der Waals surface area contributed by atoms with Crippen LogP contribution in [0.25, 0.3) is 0 Å². The molecule has 0 saturated heterocycles. The normalized spacial score (nSPS) is 11.9. The Morgan fingerprint density at radius 2 is 1.54 bits per heavy atom. The van der Waals surface area contributed by atoms with E-state index in [4.69, 9.17) is 4.74 Å². The Labute approximate surface area is 231 Å². The summed E-state index contributed by atoms with van der Waals surface area (Å²) in [4.78, 5) is 28.6. The van der Waals surface area contributed by atoms with Crippen LogP contribution in [0, 0.1) is 6.92 Å². The van der Waals surface area contributed by atoms with Gasteiger partial charge in [0.2, 0.25) is 11.8 Å². The van der Waals surface area contributed by atoms with Gasteiger partial charge in [0, 0.05) is 13.1 Å². The number of carbonyl (C=O) groups is 2. The number of anilines is 1. The van der Waals surface area contributed by atoms with Gasteiger partial charge in [-0.1, -0.05) is 49.4 Å². The predicted molar refractivity (Wildman–Crippen MR) is 153 cm³/mol. The van der Waals surface area contributed by atoms with Crippen LogP contribution in [0.15, 0.2) is 83.8 Å². The third-order valence-corrected chi connectivity index (χ3v) is 8.17. The van der Waals surface area contributed by atoms with Crippen molar-refractivity contribution >= 4 is 27.5 Å². The van der Waals surface area contributed by atoms with Crippen LogP contribution in [-0.4, -0.2) is 50.9 Å². The molecule has 0 fully saturated rings. The van der Waals surface area contributed by atoms with E-state index >= 15 is 0 Å². The molecule has 0 aliphatic carbocycles. The number of benzene rings is 3. The van der Waals surface area contributed by atoms with E-state index < -0.39 is 28.5 Å². The van der Waals surface area contributed by atoms with Gasteiger partial charge in [-0.05, 0) is 74.7 Å². The molecule has 1 atom stereocenters. The van der Waals surface area contributed by atoms with E-state index in [9.17, 15) is 18.0 Å². The summed E-state index contributed by atoms with van der Waals surface area (Å²) >= 11 is 0. The second kappa shape index (κ2) is 13.8. The first-order valence-electron chi connectivity index (χ1n) is 13.1. The number of aryl methyl sites for hydroxylation is 1. The summed E-state index contributed by atoms with van der Waals surface area (Å²) in [5, 5.41) is 2.81. The summed E-state index contributed by atoms with van der Waals surface area (Å²) < 4.78 is 34.3. The zero-order chi connectivity index (χ0) is 28.4. The van der Waals surface area contributed by atoms with E-state index in [1.165, 1.54) is 17.0 Å². The minimum absolute atomic E-state index is 0.0629. The van der Waals surface area contributed by atoms with Crippen LogP contribution in [0.5, 0.6) is 5.75 Å². The zero-order valence-corrected chi connectivity index (χ0v) is 23.8. The van der Waals surface area contributed by atoms with Gasteiger partial charge in [0.1, 0.15) is 18.3 Å². The number of amides is 2. The van der Waals surface area contributed by atoms with Crippen molar-refractivity contribution in [2.45, 2.75) is 51.6 Å². The van der Waals surface area contributed by atoms with Crippen LogP contribution >= 0.6 is 0 Å². The number of hydrogen-bond acceptors (Lipinski definition) is 5. The molecule has 0 aromatic heterocycles. The number of rotatable bonds is 13. The van der Waals surface area contributed by atoms with E-state index in [0.717, 1.165) is 15.4 Å². The molecular weight excluding hydrogens is 514 g/mol. The van der Waals surface area contributed by atoms with E-state index in [0.29, 0.717) is 31.0 Å². The molecule has 208 valence electrons. The van der Waals surface area contributed by atoms with Crippen molar-refractivity contribution in [3.63, 3.8) is 0 Å². The van der Waals surface area contributed by atoms with Gasteiger partial charge in [-0.3, -0.25) is 13.9 Å². The van der Waals surface area contributed by atoms with E-state index in [1.807, 2.05) is 52.0 Å². The minimum Gasteiger partial charge on any atom is -0.494 e. The molecule has 8 nitrogen and oxygen atoms in total. The molecule has 39 heavy (non-hydrogen) atoms. The monoisotopic (exact) mass is 551 g/mol. The molecule has 0 aliphatic heterocycles. The maximum absolute atomic E-state index is 14.0. The fourth-order valence-electron chi connectivity index (χ4n) is 4.31. The van der Waals surface area contributed by atoms with Crippen molar-refractivity contribution in [2.75, 3.05) is 24.0 Å². The highest BCUT2D eigenvalue weighted by atomic mass is 32.2. The molecule has 0 saturated carbocycles. The largest absolute Gasteiger partial charge is 0.494 e. The zero-order valence-electron chi connectivity index (χ0n) is 23.0. The molecule has 2 amide bonds. The lowest BCUT2D eigenvalue weighted by Gasteiger charge is -2.33. The Morgan fingerprint density at radius 3 is 2.13 bits per heavy atom. The van der Waals surface area contributed by atoms with Crippen molar-refractivity contribution in [3.8, 4) is 5.75 Å². The molecule has 0 aliphatic rings. The molecule has 0 spiro atoms. The average molecular weight is 552 g/mol. The maximum Gasteiger partial charge on any atom is 0.264 e. The van der Waals surface area contributed by atoms with Crippen LogP contribution in [0.1, 0.15) is 38.3 Å². The smallest absolute Gasteiger partial charge is 0.264 e. The highest BCUT2D eigenvalue weighted by Crippen LogP contribution is 2.27. The van der Waals surface area contributed by atoms with Gasteiger partial charge < -0.3 is 15.0 Å². The summed E-state index contributed by atoms with van der Waals surface area (Å²) in [6, 6.07) is 21.4. The fourth-order valence-corrected chi connectivity index (χ4v) is 5.74. The summed E-state index contributed by atoms with van der Waals surface area (Å²) in [5.41, 5.74) is 2.17. The van der Waals surface area contributed by atoms with Crippen LogP contribution in [0.4, 0.5) is 5.69 Å². The number of nitrogens with zero attached hydrogens (tertiary/aromatic N) is 2. The van der Waals surface area contributed by atoms with Gasteiger partial charge in [0.15, 0.2) is 0 Å². The summed E-state index contributed by atoms with van der Waals surface area (Å²) in [5.74, 6) is -0.168. The Balaban J connectivity index is 2.05. The second-order valence-electron chi connectivity index (χ2n) is 9.02. The summed E-state index contributed by atoms with van der Waals surface area (Å²) in [7, 11) is -4.11. The van der Waals surface area contributed by atoms with Crippen molar-refractivity contribution in [3.05, 3.63) is 90.0 Å². The van der Waals surface area contributed by atoms with Crippen LogP contribution in [0.2, 0.25) is 0 Å². The minimum atomic E-state index is -4.11. The molecule has 3 aromatic rings. The summed E-state index contributed by atoms with van der Waals surface area (Å²) in [6.45, 7) is 8.04. The third kappa shape index (κ3) is 7.38. The molecule has 1 N–H and O–H groups in total. The molecule has 0 heterocycles. The molecule has 9 heteroatoms. The fraction of sp³-hybridized carbons (Fsp3) is 0.333. The van der Waals surface area contributed by atoms with Gasteiger partial charge >= 0.3 is 0 Å². The van der Waals surface area contributed by atoms with Crippen molar-refractivity contribution in [2.24, 2.45) is 0 Å². The average Bonchev–Trinajstić information content (AvgIpc) is 2.94. The van der Waals surface area contributed by atoms with Gasteiger partial charge in [-0.15, -0.1) is 0 Å². The Bertz CT molecular complexity index is 1340. The highest BCUT2D eigenvalue weighted by Gasteiger charge is 2.33. The van der Waals surface area contributed by atoms with Gasteiger partial charge in [0.05, 0.1) is 17.2 Å². The quantitative estimate of drug-likeness (QED) is 0.337. The Morgan fingerprint density at radius 1 is 0.897 bits per heavy atom. The lowest BCUT2D eigenvalue weighted by atomic mass is 10.1. The molecule has 3 rings (SSSR count). The van der Waals surface area contributed by atoms with E-state index in [1.54, 1.807) is 42.5 Å². The van der Waals surface area contributed by atoms with E-state index in [-0.39, 0.29) is 17.3 Å². The van der Waals surface area contributed by atoms with Crippen LogP contribution < -0.4 is 14.4 Å². The van der Waals surface area contributed by atoms with Crippen molar-refractivity contribution in [1.29, 1.82) is 0 Å². The van der Waals surface area contributed by atoms with Crippen molar-refractivity contribution in [1.82, 2.24) is 10.2 Å². The first kappa shape index (κ1) is 29.7. The second-order valence-corrected chi connectivity index (χ2v) is 10.9. The number of carbonyl (C=O) groups excluding carboxylic acids is 2. The third-order valence-electron chi connectivity index (χ3n) is 6.38. The summed E-state index contributed by atoms with van der Waals surface area (Å²) in [6.07, 6.45) is 0.373. The first-order valence-corrected chi connectivity index (χ1v) is 14.6. The van der Waals surface area contributed by atoms with Crippen LogP contribution in [0.3, 0.4) is 0 Å². The SMILES string of the molecule is CCNC(=O)C(CC)N(Cc1ccccc1C)C(=O)CN(c1ccc(OCC)cc1)S(=O)(=O)c1ccccc1. The topological polar surface area (TPSA) is 96.0 Å². The number of ether oxygens (including phenoxy) is 1. The highest BCUT2D eigenvalue weighted by molar-refractivity contribution is 7.92. The van der Waals surface area contributed by atoms with Gasteiger partial charge in [0.25, 0.3) is 10.0 Å². The Hall–Kier alpha value is -3.85. The van der Waals surface area contributed by atoms with Gasteiger partial charge in [-0.25, -0.2) is 8.42 Å². The number of sulfonamides is 1. The first-order chi connectivity index (χ1) is 18.7. The number of nitrogens with one attached hydrogen (secondary N) is 1. The lowest BCUT2D eigenvalue weighted by Crippen LogP contribution is -2.52.